The van der Waals surface area contributed by atoms with Gasteiger partial charge in [-0.2, -0.15) is 0 Å². The SMILES string of the molecule is CCC(CC)CNC(=O)c1cc(S(N)(=O)=O)c(C)cc1F. The van der Waals surface area contributed by atoms with Crippen LogP contribution in [0, 0.1) is 18.7 Å². The molecule has 7 heteroatoms. The van der Waals surface area contributed by atoms with Crippen LogP contribution in [0.1, 0.15) is 42.6 Å². The molecule has 1 aromatic carbocycles. The lowest BCUT2D eigenvalue weighted by molar-refractivity contribution is 0.0942. The van der Waals surface area contributed by atoms with Gasteiger partial charge >= 0.3 is 0 Å². The van der Waals surface area contributed by atoms with Crippen molar-refractivity contribution in [2.24, 2.45) is 11.1 Å². The number of nitrogens with one attached hydrogen (secondary N) is 1. The minimum atomic E-state index is -3.99. The second kappa shape index (κ2) is 7.00. The van der Waals surface area contributed by atoms with Crippen molar-refractivity contribution in [3.8, 4) is 0 Å². The maximum absolute atomic E-state index is 13.9. The van der Waals surface area contributed by atoms with Crippen LogP contribution in [-0.4, -0.2) is 20.9 Å². The molecule has 3 N–H and O–H groups in total. The first-order chi connectivity index (χ1) is 9.70. The molecule has 21 heavy (non-hydrogen) atoms. The van der Waals surface area contributed by atoms with E-state index in [2.05, 4.69) is 5.32 Å². The van der Waals surface area contributed by atoms with E-state index in [1.54, 1.807) is 0 Å². The van der Waals surface area contributed by atoms with Crippen molar-refractivity contribution in [2.45, 2.75) is 38.5 Å². The third-order valence-corrected chi connectivity index (χ3v) is 4.57. The fraction of sp³-hybridized carbons (Fsp3) is 0.500. The summed E-state index contributed by atoms with van der Waals surface area (Å²) >= 11 is 0. The van der Waals surface area contributed by atoms with E-state index in [-0.39, 0.29) is 16.0 Å². The van der Waals surface area contributed by atoms with Crippen LogP contribution in [0.3, 0.4) is 0 Å². The van der Waals surface area contributed by atoms with Crippen molar-refractivity contribution >= 4 is 15.9 Å². The molecule has 0 radical (unpaired) electrons. The minimum Gasteiger partial charge on any atom is -0.352 e. The largest absolute Gasteiger partial charge is 0.352 e. The molecule has 1 aromatic rings. The summed E-state index contributed by atoms with van der Waals surface area (Å²) in [4.78, 5) is 11.8. The Balaban J connectivity index is 3.05. The van der Waals surface area contributed by atoms with E-state index in [9.17, 15) is 17.6 Å². The normalized spacial score (nSPS) is 11.7. The van der Waals surface area contributed by atoms with E-state index >= 15 is 0 Å². The first-order valence-corrected chi connectivity index (χ1v) is 8.36. The second-order valence-electron chi connectivity index (χ2n) is 5.04. The molecule has 5 nitrogen and oxygen atoms in total. The molecule has 0 aliphatic carbocycles. The molecular formula is C14H21FN2O3S. The highest BCUT2D eigenvalue weighted by Crippen LogP contribution is 2.19. The Hall–Kier alpha value is -1.47. The predicted molar refractivity (Wildman–Crippen MR) is 78.9 cm³/mol. The van der Waals surface area contributed by atoms with E-state index < -0.39 is 21.7 Å². The average Bonchev–Trinajstić information content (AvgIpc) is 2.38. The van der Waals surface area contributed by atoms with Crippen LogP contribution in [0.25, 0.3) is 0 Å². The number of benzene rings is 1. The molecule has 0 unspecified atom stereocenters. The van der Waals surface area contributed by atoms with Gasteiger partial charge in [-0.1, -0.05) is 26.7 Å². The van der Waals surface area contributed by atoms with E-state index in [1.165, 1.54) is 6.92 Å². The number of sulfonamides is 1. The number of hydrogen-bond donors (Lipinski definition) is 2. The third-order valence-electron chi connectivity index (χ3n) is 3.52. The molecule has 118 valence electrons. The summed E-state index contributed by atoms with van der Waals surface area (Å²) in [5, 5.41) is 7.69. The molecule has 0 saturated carbocycles. The summed E-state index contributed by atoms with van der Waals surface area (Å²) in [5.41, 5.74) is -0.137. The van der Waals surface area contributed by atoms with Gasteiger partial charge in [-0.25, -0.2) is 17.9 Å². The Morgan fingerprint density at radius 3 is 2.38 bits per heavy atom. The first-order valence-electron chi connectivity index (χ1n) is 6.81. The molecule has 1 rings (SSSR count). The average molecular weight is 316 g/mol. The molecule has 1 amide bonds. The van der Waals surface area contributed by atoms with Gasteiger partial charge in [0.05, 0.1) is 10.5 Å². The number of amides is 1. The van der Waals surface area contributed by atoms with Crippen LogP contribution in [0.5, 0.6) is 0 Å². The van der Waals surface area contributed by atoms with Crippen molar-refractivity contribution < 1.29 is 17.6 Å². The Labute approximate surface area is 124 Å². The van der Waals surface area contributed by atoms with Crippen molar-refractivity contribution in [3.63, 3.8) is 0 Å². The number of primary sulfonamides is 1. The van der Waals surface area contributed by atoms with E-state index in [0.717, 1.165) is 25.0 Å². The first kappa shape index (κ1) is 17.6. The molecule has 0 aliphatic heterocycles. The Morgan fingerprint density at radius 1 is 1.33 bits per heavy atom. The smallest absolute Gasteiger partial charge is 0.254 e. The summed E-state index contributed by atoms with van der Waals surface area (Å²) in [7, 11) is -3.99. The van der Waals surface area contributed by atoms with Crippen molar-refractivity contribution in [1.82, 2.24) is 5.32 Å². The molecular weight excluding hydrogens is 295 g/mol. The molecule has 0 heterocycles. The van der Waals surface area contributed by atoms with Gasteiger partial charge < -0.3 is 5.32 Å². The maximum Gasteiger partial charge on any atom is 0.254 e. The van der Waals surface area contributed by atoms with E-state index in [0.29, 0.717) is 12.5 Å². The summed E-state index contributed by atoms with van der Waals surface area (Å²) in [6, 6.07) is 1.99. The number of carbonyl (C=O) groups excluding carboxylic acids is 1. The lowest BCUT2D eigenvalue weighted by Crippen LogP contribution is -2.30. The third kappa shape index (κ3) is 4.50. The van der Waals surface area contributed by atoms with Crippen LogP contribution in [0.15, 0.2) is 17.0 Å². The zero-order valence-corrected chi connectivity index (χ0v) is 13.3. The summed E-state index contributed by atoms with van der Waals surface area (Å²) in [5.74, 6) is -1.09. The van der Waals surface area contributed by atoms with Crippen LogP contribution in [0.4, 0.5) is 4.39 Å². The number of hydrogen-bond acceptors (Lipinski definition) is 3. The second-order valence-corrected chi connectivity index (χ2v) is 6.56. The molecule has 0 atom stereocenters. The molecule has 0 saturated heterocycles. The number of aryl methyl sites for hydroxylation is 1. The molecule has 0 aromatic heterocycles. The Bertz CT molecular complexity index is 625. The number of rotatable bonds is 6. The highest BCUT2D eigenvalue weighted by Gasteiger charge is 2.20. The topological polar surface area (TPSA) is 89.3 Å². The lowest BCUT2D eigenvalue weighted by atomic mass is 10.0. The van der Waals surface area contributed by atoms with Gasteiger partial charge in [-0.15, -0.1) is 0 Å². The number of halogens is 1. The highest BCUT2D eigenvalue weighted by molar-refractivity contribution is 7.89. The zero-order valence-electron chi connectivity index (χ0n) is 12.4. The molecule has 0 spiro atoms. The Morgan fingerprint density at radius 2 is 1.90 bits per heavy atom. The van der Waals surface area contributed by atoms with E-state index in [4.69, 9.17) is 5.14 Å². The van der Waals surface area contributed by atoms with Gasteiger partial charge in [0.1, 0.15) is 5.82 Å². The lowest BCUT2D eigenvalue weighted by Gasteiger charge is -2.14. The molecule has 0 fully saturated rings. The van der Waals surface area contributed by atoms with Gasteiger partial charge in [-0.05, 0) is 30.5 Å². The number of nitrogens with two attached hydrogens (primary N) is 1. The van der Waals surface area contributed by atoms with Crippen LogP contribution in [-0.2, 0) is 10.0 Å². The van der Waals surface area contributed by atoms with Gasteiger partial charge in [0.15, 0.2) is 0 Å². The highest BCUT2D eigenvalue weighted by atomic mass is 32.2. The summed E-state index contributed by atoms with van der Waals surface area (Å²) < 4.78 is 36.7. The maximum atomic E-state index is 13.9. The van der Waals surface area contributed by atoms with Crippen molar-refractivity contribution in [3.05, 3.63) is 29.1 Å². The van der Waals surface area contributed by atoms with Crippen LogP contribution in [0.2, 0.25) is 0 Å². The standard InChI is InChI=1S/C14H21FN2O3S/c1-4-10(5-2)8-17-14(18)11-7-13(21(16,19)20)9(3)6-12(11)15/h6-7,10H,4-5,8H2,1-3H3,(H,17,18)(H2,16,19,20). The van der Waals surface area contributed by atoms with Crippen molar-refractivity contribution in [1.29, 1.82) is 0 Å². The summed E-state index contributed by atoms with van der Waals surface area (Å²) in [6.07, 6.45) is 1.80. The van der Waals surface area contributed by atoms with Gasteiger partial charge in [0, 0.05) is 6.54 Å². The molecule has 0 bridgehead atoms. The fourth-order valence-electron chi connectivity index (χ4n) is 2.04. The van der Waals surface area contributed by atoms with Crippen molar-refractivity contribution in [2.75, 3.05) is 6.54 Å². The Kier molecular flexibility index (Phi) is 5.86. The summed E-state index contributed by atoms with van der Waals surface area (Å²) in [6.45, 7) is 5.86. The monoisotopic (exact) mass is 316 g/mol. The fourth-order valence-corrected chi connectivity index (χ4v) is 2.83. The quantitative estimate of drug-likeness (QED) is 0.840. The van der Waals surface area contributed by atoms with Gasteiger partial charge in [0.2, 0.25) is 10.0 Å². The van der Waals surface area contributed by atoms with Crippen LogP contribution < -0.4 is 10.5 Å². The van der Waals surface area contributed by atoms with Gasteiger partial charge in [0.25, 0.3) is 5.91 Å². The molecule has 0 aliphatic rings. The zero-order chi connectivity index (χ0) is 16.2. The minimum absolute atomic E-state index is 0.173. The predicted octanol–water partition coefficient (Wildman–Crippen LogP) is 1.95. The number of carbonyl (C=O) groups is 1. The van der Waals surface area contributed by atoms with Crippen LogP contribution >= 0.6 is 0 Å². The van der Waals surface area contributed by atoms with E-state index in [1.807, 2.05) is 13.8 Å². The van der Waals surface area contributed by atoms with Gasteiger partial charge in [-0.3, -0.25) is 4.79 Å².